The normalized spacial score (nSPS) is 11.2. The summed E-state index contributed by atoms with van der Waals surface area (Å²) in [5.41, 5.74) is -0.122. The maximum Gasteiger partial charge on any atom is 0.454 e. The number of alkyl halides is 3. The molecular formula is C19H14F4N2O4. The van der Waals surface area contributed by atoms with E-state index >= 15 is 0 Å². The van der Waals surface area contributed by atoms with E-state index in [2.05, 4.69) is 10.6 Å². The molecule has 0 fully saturated rings. The van der Waals surface area contributed by atoms with Gasteiger partial charge in [-0.05, 0) is 24.3 Å². The summed E-state index contributed by atoms with van der Waals surface area (Å²) in [6.45, 7) is -0.718. The summed E-state index contributed by atoms with van der Waals surface area (Å²) in [6.07, 6.45) is -4.01. The molecule has 0 radical (unpaired) electrons. The van der Waals surface area contributed by atoms with Crippen LogP contribution in [0.2, 0.25) is 0 Å². The van der Waals surface area contributed by atoms with Crippen LogP contribution in [0.4, 0.5) is 28.9 Å². The van der Waals surface area contributed by atoms with Crippen LogP contribution < -0.4 is 10.6 Å². The number of esters is 1. The van der Waals surface area contributed by atoms with Crippen molar-refractivity contribution in [3.63, 3.8) is 0 Å². The third-order valence-corrected chi connectivity index (χ3v) is 3.38. The molecule has 0 saturated carbocycles. The average molecular weight is 410 g/mol. The number of rotatable bonds is 7. The molecule has 1 amide bonds. The fraction of sp³-hybridized carbons (Fsp3) is 0.105. The summed E-state index contributed by atoms with van der Waals surface area (Å²) in [5, 5.41) is 4.61. The van der Waals surface area contributed by atoms with Gasteiger partial charge in [0.15, 0.2) is 6.61 Å². The smallest absolute Gasteiger partial charge is 0.452 e. The van der Waals surface area contributed by atoms with E-state index in [9.17, 15) is 31.9 Å². The fourth-order valence-electron chi connectivity index (χ4n) is 2.05. The van der Waals surface area contributed by atoms with Gasteiger partial charge >= 0.3 is 12.1 Å². The van der Waals surface area contributed by atoms with Crippen molar-refractivity contribution in [3.8, 4) is 0 Å². The zero-order chi connectivity index (χ0) is 21.4. The van der Waals surface area contributed by atoms with Gasteiger partial charge in [0, 0.05) is 12.3 Å². The van der Waals surface area contributed by atoms with Crippen LogP contribution in [-0.2, 0) is 14.3 Å². The van der Waals surface area contributed by atoms with Gasteiger partial charge in [-0.3, -0.25) is 9.59 Å². The van der Waals surface area contributed by atoms with E-state index in [4.69, 9.17) is 4.74 Å². The Kier molecular flexibility index (Phi) is 7.07. The van der Waals surface area contributed by atoms with Crippen molar-refractivity contribution in [2.75, 3.05) is 17.2 Å². The highest BCUT2D eigenvalue weighted by atomic mass is 19.4. The van der Waals surface area contributed by atoms with Crippen LogP contribution in [0.1, 0.15) is 10.4 Å². The third-order valence-electron chi connectivity index (χ3n) is 3.38. The van der Waals surface area contributed by atoms with Crippen LogP contribution in [0, 0.1) is 5.82 Å². The molecule has 0 aliphatic heterocycles. The molecule has 2 aromatic carbocycles. The summed E-state index contributed by atoms with van der Waals surface area (Å²) in [6, 6.07) is 11.0. The van der Waals surface area contributed by atoms with Gasteiger partial charge in [0.05, 0.1) is 16.9 Å². The Morgan fingerprint density at radius 3 is 2.24 bits per heavy atom. The number of carbonyl (C=O) groups is 3. The Bertz CT molecular complexity index is 942. The van der Waals surface area contributed by atoms with Crippen molar-refractivity contribution in [2.24, 2.45) is 0 Å². The first-order valence-electron chi connectivity index (χ1n) is 8.03. The summed E-state index contributed by atoms with van der Waals surface area (Å²) in [4.78, 5) is 34.8. The average Bonchev–Trinajstić information content (AvgIpc) is 2.67. The first-order chi connectivity index (χ1) is 13.7. The van der Waals surface area contributed by atoms with E-state index < -0.39 is 36.3 Å². The molecule has 10 heteroatoms. The second-order valence-electron chi connectivity index (χ2n) is 5.49. The standard InChI is InChI=1S/C19H14F4N2O4/c20-13-6-2-4-8-15(13)25-17(27)11-29-18(28)12-5-1-3-7-14(12)24-10-9-16(26)19(21,22)23/h1-10,24H,11H2,(H,25,27)/b10-9+. The molecule has 0 aliphatic rings. The molecule has 2 aromatic rings. The number of anilines is 2. The molecule has 2 rings (SSSR count). The minimum atomic E-state index is -5.01. The maximum absolute atomic E-state index is 13.5. The van der Waals surface area contributed by atoms with Crippen molar-refractivity contribution < 1.29 is 36.7 Å². The number of hydrogen-bond donors (Lipinski definition) is 2. The number of amides is 1. The molecule has 0 bridgehead atoms. The number of para-hydroxylation sites is 2. The predicted molar refractivity (Wildman–Crippen MR) is 95.6 cm³/mol. The fourth-order valence-corrected chi connectivity index (χ4v) is 2.05. The summed E-state index contributed by atoms with van der Waals surface area (Å²) >= 11 is 0. The van der Waals surface area contributed by atoms with Crippen LogP contribution in [0.3, 0.4) is 0 Å². The lowest BCUT2D eigenvalue weighted by atomic mass is 10.2. The summed E-state index contributed by atoms with van der Waals surface area (Å²) in [5.74, 6) is -4.48. The maximum atomic E-state index is 13.5. The molecule has 29 heavy (non-hydrogen) atoms. The van der Waals surface area contributed by atoms with Crippen LogP contribution >= 0.6 is 0 Å². The monoisotopic (exact) mass is 410 g/mol. The number of allylic oxidation sites excluding steroid dienone is 1. The number of ketones is 1. The van der Waals surface area contributed by atoms with Crippen molar-refractivity contribution in [3.05, 3.63) is 72.2 Å². The molecule has 152 valence electrons. The van der Waals surface area contributed by atoms with Crippen molar-refractivity contribution in [1.82, 2.24) is 0 Å². The number of halogens is 4. The summed E-state index contributed by atoms with van der Waals surface area (Å²) < 4.78 is 54.9. The minimum Gasteiger partial charge on any atom is -0.452 e. The van der Waals surface area contributed by atoms with Crippen molar-refractivity contribution >= 4 is 29.0 Å². The Hall–Kier alpha value is -3.69. The lowest BCUT2D eigenvalue weighted by molar-refractivity contribution is -0.165. The molecule has 2 N–H and O–H groups in total. The molecule has 0 aromatic heterocycles. The highest BCUT2D eigenvalue weighted by molar-refractivity contribution is 5.99. The number of hydrogen-bond acceptors (Lipinski definition) is 5. The predicted octanol–water partition coefficient (Wildman–Crippen LogP) is 3.68. The summed E-state index contributed by atoms with van der Waals surface area (Å²) in [7, 11) is 0. The van der Waals surface area contributed by atoms with Crippen molar-refractivity contribution in [1.29, 1.82) is 0 Å². The molecule has 0 atom stereocenters. The van der Waals surface area contributed by atoms with Gasteiger partial charge in [0.2, 0.25) is 0 Å². The number of nitrogens with one attached hydrogen (secondary N) is 2. The van der Waals surface area contributed by atoms with E-state index in [0.717, 1.165) is 12.3 Å². The molecule has 6 nitrogen and oxygen atoms in total. The SMILES string of the molecule is O=C(COC(=O)c1ccccc1N/C=C/C(=O)C(F)(F)F)Nc1ccccc1F. The van der Waals surface area contributed by atoms with Gasteiger partial charge in [0.25, 0.3) is 11.7 Å². The van der Waals surface area contributed by atoms with Gasteiger partial charge in [-0.2, -0.15) is 13.2 Å². The second kappa shape index (κ2) is 9.49. The van der Waals surface area contributed by atoms with Crippen LogP contribution in [0.5, 0.6) is 0 Å². The first-order valence-corrected chi connectivity index (χ1v) is 8.03. The topological polar surface area (TPSA) is 84.5 Å². The van der Waals surface area contributed by atoms with E-state index in [1.807, 2.05) is 0 Å². The molecule has 0 unspecified atom stereocenters. The zero-order valence-electron chi connectivity index (χ0n) is 14.6. The zero-order valence-corrected chi connectivity index (χ0v) is 14.6. The highest BCUT2D eigenvalue weighted by Crippen LogP contribution is 2.19. The molecule has 0 saturated heterocycles. The highest BCUT2D eigenvalue weighted by Gasteiger charge is 2.36. The number of carbonyl (C=O) groups excluding carboxylic acids is 3. The van der Waals surface area contributed by atoms with Gasteiger partial charge < -0.3 is 15.4 Å². The quantitative estimate of drug-likeness (QED) is 0.413. The lowest BCUT2D eigenvalue weighted by Gasteiger charge is -2.10. The van der Waals surface area contributed by atoms with Crippen LogP contribution in [0.15, 0.2) is 60.8 Å². The van der Waals surface area contributed by atoms with Gasteiger partial charge in [-0.1, -0.05) is 24.3 Å². The Labute approximate surface area is 162 Å². The van der Waals surface area contributed by atoms with E-state index in [1.54, 1.807) is 0 Å². The Balaban J connectivity index is 1.97. The van der Waals surface area contributed by atoms with E-state index in [1.165, 1.54) is 42.5 Å². The van der Waals surface area contributed by atoms with Gasteiger partial charge in [0.1, 0.15) is 5.82 Å². The van der Waals surface area contributed by atoms with E-state index in [-0.39, 0.29) is 23.0 Å². The molecule has 0 aliphatic carbocycles. The number of benzene rings is 2. The minimum absolute atomic E-state index is 0.0539. The van der Waals surface area contributed by atoms with Crippen LogP contribution in [-0.4, -0.2) is 30.4 Å². The van der Waals surface area contributed by atoms with E-state index in [0.29, 0.717) is 0 Å². The largest absolute Gasteiger partial charge is 0.454 e. The van der Waals surface area contributed by atoms with Gasteiger partial charge in [-0.15, -0.1) is 0 Å². The van der Waals surface area contributed by atoms with Crippen molar-refractivity contribution in [2.45, 2.75) is 6.18 Å². The second-order valence-corrected chi connectivity index (χ2v) is 5.49. The van der Waals surface area contributed by atoms with Crippen LogP contribution in [0.25, 0.3) is 0 Å². The molecule has 0 spiro atoms. The Morgan fingerprint density at radius 2 is 1.59 bits per heavy atom. The Morgan fingerprint density at radius 1 is 0.966 bits per heavy atom. The molecular weight excluding hydrogens is 396 g/mol. The molecule has 0 heterocycles. The third kappa shape index (κ3) is 6.45. The number of ether oxygens (including phenoxy) is 1. The van der Waals surface area contributed by atoms with Gasteiger partial charge in [-0.25, -0.2) is 9.18 Å². The first kappa shape index (κ1) is 21.6. The lowest BCUT2D eigenvalue weighted by Crippen LogP contribution is -2.22.